The van der Waals surface area contributed by atoms with Crippen molar-refractivity contribution >= 4 is 32.6 Å². The number of methoxy groups -OCH3 is 1. The van der Waals surface area contributed by atoms with Crippen LogP contribution in [0.5, 0.6) is 5.75 Å². The second-order valence-electron chi connectivity index (χ2n) is 6.95. The Morgan fingerprint density at radius 1 is 1.16 bits per heavy atom. The van der Waals surface area contributed by atoms with Crippen molar-refractivity contribution in [3.63, 3.8) is 0 Å². The first-order valence-electron chi connectivity index (χ1n) is 9.23. The van der Waals surface area contributed by atoms with E-state index < -0.39 is 0 Å². The summed E-state index contributed by atoms with van der Waals surface area (Å²) in [4.78, 5) is 21.9. The summed E-state index contributed by atoms with van der Waals surface area (Å²) >= 11 is 1.70. The third-order valence-corrected chi connectivity index (χ3v) is 6.49. The van der Waals surface area contributed by atoms with Crippen molar-refractivity contribution in [2.75, 3.05) is 38.2 Å². The highest BCUT2D eigenvalue weighted by molar-refractivity contribution is 7.22. The fourth-order valence-corrected chi connectivity index (χ4v) is 4.97. The lowest BCUT2D eigenvalue weighted by Crippen LogP contribution is -2.50. The van der Waals surface area contributed by atoms with Crippen LogP contribution in [0.1, 0.15) is 32.1 Å². The highest BCUT2D eigenvalue weighted by atomic mass is 32.1. The molecule has 2 fully saturated rings. The number of nitrogens with zero attached hydrogens (tertiary/aromatic N) is 3. The lowest BCUT2D eigenvalue weighted by atomic mass is 9.88. The van der Waals surface area contributed by atoms with E-state index in [4.69, 9.17) is 9.72 Å². The maximum atomic E-state index is 12.7. The third kappa shape index (κ3) is 3.32. The van der Waals surface area contributed by atoms with E-state index in [1.807, 2.05) is 12.1 Å². The number of thiazole rings is 1. The Labute approximate surface area is 152 Å². The molecule has 134 valence electrons. The van der Waals surface area contributed by atoms with Gasteiger partial charge in [0.1, 0.15) is 11.3 Å². The average molecular weight is 359 g/mol. The highest BCUT2D eigenvalue weighted by Crippen LogP contribution is 2.34. The van der Waals surface area contributed by atoms with E-state index in [2.05, 4.69) is 15.9 Å². The number of ether oxygens (including phenoxy) is 1. The van der Waals surface area contributed by atoms with Crippen molar-refractivity contribution in [3.8, 4) is 5.75 Å². The second-order valence-corrected chi connectivity index (χ2v) is 7.96. The van der Waals surface area contributed by atoms with Crippen molar-refractivity contribution in [2.24, 2.45) is 5.92 Å². The van der Waals surface area contributed by atoms with Gasteiger partial charge in [0.05, 0.1) is 11.8 Å². The van der Waals surface area contributed by atoms with Crippen LogP contribution in [0.3, 0.4) is 0 Å². The molecule has 1 aliphatic carbocycles. The average Bonchev–Trinajstić information content (AvgIpc) is 3.12. The van der Waals surface area contributed by atoms with E-state index in [1.54, 1.807) is 18.4 Å². The lowest BCUT2D eigenvalue weighted by Gasteiger charge is -2.37. The van der Waals surface area contributed by atoms with Crippen molar-refractivity contribution in [1.82, 2.24) is 9.88 Å². The standard InChI is InChI=1S/C19H25N3O2S/c1-24-15-8-5-9-16-17(15)20-19(25-16)22-12-10-21(11-13-22)18(23)14-6-3-2-4-7-14/h5,8-9,14H,2-4,6-7,10-13H2,1H3. The summed E-state index contributed by atoms with van der Waals surface area (Å²) in [5.74, 6) is 1.48. The van der Waals surface area contributed by atoms with E-state index in [1.165, 1.54) is 19.3 Å². The SMILES string of the molecule is COc1cccc2sc(N3CCN(C(=O)C4CCCCC4)CC3)nc12. The summed E-state index contributed by atoms with van der Waals surface area (Å²) in [5.41, 5.74) is 0.936. The Balaban J connectivity index is 1.42. The lowest BCUT2D eigenvalue weighted by molar-refractivity contribution is -0.136. The van der Waals surface area contributed by atoms with Crippen molar-refractivity contribution in [2.45, 2.75) is 32.1 Å². The van der Waals surface area contributed by atoms with E-state index >= 15 is 0 Å². The zero-order valence-electron chi connectivity index (χ0n) is 14.7. The number of aromatic nitrogens is 1. The Hall–Kier alpha value is -1.82. The number of carbonyl (C=O) groups excluding carboxylic acids is 1. The predicted molar refractivity (Wildman–Crippen MR) is 102 cm³/mol. The number of amides is 1. The second kappa shape index (κ2) is 7.20. The van der Waals surface area contributed by atoms with Crippen LogP contribution in [0, 0.1) is 5.92 Å². The van der Waals surface area contributed by atoms with Gasteiger partial charge in [-0.25, -0.2) is 4.98 Å². The van der Waals surface area contributed by atoms with E-state index in [9.17, 15) is 4.79 Å². The molecule has 1 saturated heterocycles. The Bertz CT molecular complexity index is 746. The fraction of sp³-hybridized carbons (Fsp3) is 0.579. The third-order valence-electron chi connectivity index (χ3n) is 5.41. The molecule has 6 heteroatoms. The summed E-state index contributed by atoms with van der Waals surface area (Å²) in [6.07, 6.45) is 5.87. The van der Waals surface area contributed by atoms with Gasteiger partial charge >= 0.3 is 0 Å². The van der Waals surface area contributed by atoms with Gasteiger partial charge in [-0.2, -0.15) is 0 Å². The zero-order valence-corrected chi connectivity index (χ0v) is 15.6. The molecule has 0 bridgehead atoms. The first kappa shape index (κ1) is 16.6. The molecule has 0 unspecified atom stereocenters. The number of carbonyl (C=O) groups is 1. The molecule has 0 radical (unpaired) electrons. The summed E-state index contributed by atoms with van der Waals surface area (Å²) in [6.45, 7) is 3.34. The van der Waals surface area contributed by atoms with Crippen LogP contribution >= 0.6 is 11.3 Å². The minimum Gasteiger partial charge on any atom is -0.494 e. The van der Waals surface area contributed by atoms with Gasteiger partial charge in [0.25, 0.3) is 0 Å². The number of anilines is 1. The summed E-state index contributed by atoms with van der Waals surface area (Å²) < 4.78 is 6.56. The number of fused-ring (bicyclic) bond motifs is 1. The van der Waals surface area contributed by atoms with Crippen LogP contribution in [0.15, 0.2) is 18.2 Å². The van der Waals surface area contributed by atoms with Gasteiger partial charge < -0.3 is 14.5 Å². The molecule has 0 atom stereocenters. The van der Waals surface area contributed by atoms with E-state index in [0.717, 1.165) is 60.1 Å². The smallest absolute Gasteiger partial charge is 0.225 e. The van der Waals surface area contributed by atoms with Crippen LogP contribution in [0.25, 0.3) is 10.2 Å². The number of hydrogen-bond acceptors (Lipinski definition) is 5. The molecule has 1 saturated carbocycles. The number of para-hydroxylation sites is 1. The molecule has 5 nitrogen and oxygen atoms in total. The summed E-state index contributed by atoms with van der Waals surface area (Å²) in [6, 6.07) is 6.04. The van der Waals surface area contributed by atoms with Gasteiger partial charge in [-0.15, -0.1) is 0 Å². The minimum absolute atomic E-state index is 0.270. The molecule has 2 aromatic rings. The number of piperazine rings is 1. The van der Waals surface area contributed by atoms with Crippen LogP contribution in [-0.2, 0) is 4.79 Å². The van der Waals surface area contributed by atoms with E-state index in [0.29, 0.717) is 5.91 Å². The number of rotatable bonds is 3. The molecule has 2 heterocycles. The summed E-state index contributed by atoms with van der Waals surface area (Å²) in [7, 11) is 1.68. The van der Waals surface area contributed by atoms with Gasteiger partial charge in [-0.1, -0.05) is 36.7 Å². The van der Waals surface area contributed by atoms with Crippen molar-refractivity contribution in [3.05, 3.63) is 18.2 Å². The Morgan fingerprint density at radius 2 is 1.92 bits per heavy atom. The van der Waals surface area contributed by atoms with Crippen LogP contribution in [0.2, 0.25) is 0 Å². The Morgan fingerprint density at radius 3 is 2.64 bits per heavy atom. The maximum Gasteiger partial charge on any atom is 0.225 e. The topological polar surface area (TPSA) is 45.7 Å². The van der Waals surface area contributed by atoms with Crippen molar-refractivity contribution in [1.29, 1.82) is 0 Å². The molecule has 2 aliphatic rings. The molecular weight excluding hydrogens is 334 g/mol. The first-order valence-corrected chi connectivity index (χ1v) is 10.0. The maximum absolute atomic E-state index is 12.7. The molecule has 0 N–H and O–H groups in total. The predicted octanol–water partition coefficient (Wildman–Crippen LogP) is 3.53. The molecule has 0 spiro atoms. The molecule has 1 aromatic carbocycles. The van der Waals surface area contributed by atoms with Crippen LogP contribution in [0.4, 0.5) is 5.13 Å². The van der Waals surface area contributed by atoms with E-state index in [-0.39, 0.29) is 5.92 Å². The number of benzene rings is 1. The Kier molecular flexibility index (Phi) is 4.79. The van der Waals surface area contributed by atoms with Gasteiger partial charge in [0, 0.05) is 32.1 Å². The number of hydrogen-bond donors (Lipinski definition) is 0. The van der Waals surface area contributed by atoms with Gasteiger partial charge in [-0.05, 0) is 25.0 Å². The normalized spacial score (nSPS) is 19.4. The highest BCUT2D eigenvalue weighted by Gasteiger charge is 2.29. The quantitative estimate of drug-likeness (QED) is 0.841. The summed E-state index contributed by atoms with van der Waals surface area (Å²) in [5, 5.41) is 1.03. The van der Waals surface area contributed by atoms with Gasteiger partial charge in [-0.3, -0.25) is 4.79 Å². The first-order chi connectivity index (χ1) is 12.3. The fourth-order valence-electron chi connectivity index (χ4n) is 3.94. The largest absolute Gasteiger partial charge is 0.494 e. The molecule has 1 aliphatic heterocycles. The molecule has 4 rings (SSSR count). The molecule has 1 amide bonds. The minimum atomic E-state index is 0.270. The van der Waals surface area contributed by atoms with Gasteiger partial charge in [0.2, 0.25) is 5.91 Å². The molecular formula is C19H25N3O2S. The van der Waals surface area contributed by atoms with Crippen LogP contribution in [-0.4, -0.2) is 49.1 Å². The molecule has 25 heavy (non-hydrogen) atoms. The monoisotopic (exact) mass is 359 g/mol. The zero-order chi connectivity index (χ0) is 17.2. The van der Waals surface area contributed by atoms with Crippen molar-refractivity contribution < 1.29 is 9.53 Å². The molecule has 1 aromatic heterocycles. The van der Waals surface area contributed by atoms with Crippen LogP contribution < -0.4 is 9.64 Å². The van der Waals surface area contributed by atoms with Gasteiger partial charge in [0.15, 0.2) is 5.13 Å².